The molecular weight excluding hydrogens is 354 g/mol. The molecule has 6 heteroatoms. The summed E-state index contributed by atoms with van der Waals surface area (Å²) in [6.45, 7) is 3.73. The van der Waals surface area contributed by atoms with Crippen molar-refractivity contribution in [1.29, 1.82) is 0 Å². The SMILES string of the molecule is CCC(=O)Nc1cccc(NC(=O)c2ccc(-c3cccc(C)c3)[nH]c2=O)c1. The predicted molar refractivity (Wildman–Crippen MR) is 111 cm³/mol. The third-order valence-corrected chi connectivity index (χ3v) is 4.21. The van der Waals surface area contributed by atoms with Crippen molar-refractivity contribution >= 4 is 23.2 Å². The van der Waals surface area contributed by atoms with Crippen molar-refractivity contribution in [2.75, 3.05) is 10.6 Å². The molecule has 0 atom stereocenters. The number of amides is 2. The average Bonchev–Trinajstić information content (AvgIpc) is 2.68. The summed E-state index contributed by atoms with van der Waals surface area (Å²) in [6.07, 6.45) is 0.360. The second-order valence-corrected chi connectivity index (χ2v) is 6.42. The molecule has 0 fully saturated rings. The number of anilines is 2. The zero-order chi connectivity index (χ0) is 20.1. The fourth-order valence-corrected chi connectivity index (χ4v) is 2.76. The second-order valence-electron chi connectivity index (χ2n) is 6.42. The zero-order valence-electron chi connectivity index (χ0n) is 15.7. The van der Waals surface area contributed by atoms with Crippen LogP contribution >= 0.6 is 0 Å². The van der Waals surface area contributed by atoms with Crippen molar-refractivity contribution < 1.29 is 9.59 Å². The molecule has 0 spiro atoms. The van der Waals surface area contributed by atoms with Crippen LogP contribution < -0.4 is 16.2 Å². The maximum Gasteiger partial charge on any atom is 0.261 e. The van der Waals surface area contributed by atoms with E-state index in [1.807, 2.05) is 31.2 Å². The molecule has 0 bridgehead atoms. The van der Waals surface area contributed by atoms with Crippen LogP contribution in [0.2, 0.25) is 0 Å². The first-order valence-corrected chi connectivity index (χ1v) is 8.98. The maximum atomic E-state index is 12.5. The van der Waals surface area contributed by atoms with Gasteiger partial charge in [0.25, 0.3) is 11.5 Å². The fraction of sp³-hybridized carbons (Fsp3) is 0.136. The molecule has 0 saturated carbocycles. The number of aromatic amines is 1. The summed E-state index contributed by atoms with van der Waals surface area (Å²) in [5.41, 5.74) is 3.22. The molecule has 2 amide bonds. The summed E-state index contributed by atoms with van der Waals surface area (Å²) in [5.74, 6) is -0.636. The fourth-order valence-electron chi connectivity index (χ4n) is 2.76. The van der Waals surface area contributed by atoms with Crippen LogP contribution in [-0.2, 0) is 4.79 Å². The highest BCUT2D eigenvalue weighted by molar-refractivity contribution is 6.04. The van der Waals surface area contributed by atoms with Crippen molar-refractivity contribution in [1.82, 2.24) is 4.98 Å². The lowest BCUT2D eigenvalue weighted by Crippen LogP contribution is -2.23. The molecule has 0 aliphatic heterocycles. The van der Waals surface area contributed by atoms with Gasteiger partial charge in [0.15, 0.2) is 0 Å². The minimum absolute atomic E-state index is 0.0133. The number of hydrogen-bond acceptors (Lipinski definition) is 3. The van der Waals surface area contributed by atoms with E-state index < -0.39 is 11.5 Å². The van der Waals surface area contributed by atoms with Crippen LogP contribution in [0.1, 0.15) is 29.3 Å². The van der Waals surface area contributed by atoms with Crippen molar-refractivity contribution in [3.63, 3.8) is 0 Å². The number of pyridine rings is 1. The number of carbonyl (C=O) groups excluding carboxylic acids is 2. The van der Waals surface area contributed by atoms with Crippen molar-refractivity contribution in [2.45, 2.75) is 20.3 Å². The van der Waals surface area contributed by atoms with Crippen LogP contribution in [0.3, 0.4) is 0 Å². The Balaban J connectivity index is 1.79. The predicted octanol–water partition coefficient (Wildman–Crippen LogP) is 3.95. The number of aromatic nitrogens is 1. The van der Waals surface area contributed by atoms with Gasteiger partial charge in [-0.2, -0.15) is 0 Å². The van der Waals surface area contributed by atoms with Crippen LogP contribution in [0.15, 0.2) is 65.5 Å². The van der Waals surface area contributed by atoms with Crippen LogP contribution in [0.5, 0.6) is 0 Å². The first-order chi connectivity index (χ1) is 13.5. The molecule has 0 saturated heterocycles. The number of carbonyl (C=O) groups is 2. The Bertz CT molecular complexity index is 1090. The second kappa shape index (κ2) is 8.35. The summed E-state index contributed by atoms with van der Waals surface area (Å²) < 4.78 is 0. The lowest BCUT2D eigenvalue weighted by atomic mass is 10.1. The number of nitrogens with one attached hydrogen (secondary N) is 3. The quantitative estimate of drug-likeness (QED) is 0.630. The molecule has 28 heavy (non-hydrogen) atoms. The molecule has 0 aliphatic rings. The van der Waals surface area contributed by atoms with Crippen LogP contribution in [0, 0.1) is 6.92 Å². The van der Waals surface area contributed by atoms with Gasteiger partial charge in [-0.15, -0.1) is 0 Å². The largest absolute Gasteiger partial charge is 0.326 e. The molecule has 3 rings (SSSR count). The normalized spacial score (nSPS) is 10.4. The van der Waals surface area contributed by atoms with Crippen LogP contribution in [-0.4, -0.2) is 16.8 Å². The van der Waals surface area contributed by atoms with Gasteiger partial charge in [0, 0.05) is 23.5 Å². The molecule has 0 unspecified atom stereocenters. The lowest BCUT2D eigenvalue weighted by Gasteiger charge is -2.09. The third-order valence-electron chi connectivity index (χ3n) is 4.21. The molecule has 3 aromatic rings. The van der Waals surface area contributed by atoms with Gasteiger partial charge < -0.3 is 15.6 Å². The standard InChI is InChI=1S/C22H21N3O3/c1-3-20(26)23-16-8-5-9-17(13-16)24-21(27)18-10-11-19(25-22(18)28)15-7-4-6-14(2)12-15/h4-13H,3H2,1-2H3,(H,23,26)(H,24,27)(H,25,28). The highest BCUT2D eigenvalue weighted by Gasteiger charge is 2.12. The summed E-state index contributed by atoms with van der Waals surface area (Å²) in [6, 6.07) is 17.7. The Morgan fingerprint density at radius 1 is 0.929 bits per heavy atom. The van der Waals surface area contributed by atoms with E-state index in [0.29, 0.717) is 23.5 Å². The summed E-state index contributed by atoms with van der Waals surface area (Å²) in [5, 5.41) is 5.42. The lowest BCUT2D eigenvalue weighted by molar-refractivity contribution is -0.115. The van der Waals surface area contributed by atoms with E-state index in [2.05, 4.69) is 15.6 Å². The van der Waals surface area contributed by atoms with Gasteiger partial charge in [0.05, 0.1) is 0 Å². The van der Waals surface area contributed by atoms with Gasteiger partial charge in [0.1, 0.15) is 5.56 Å². The molecule has 2 aromatic carbocycles. The first-order valence-electron chi connectivity index (χ1n) is 8.98. The first kappa shape index (κ1) is 19.1. The van der Waals surface area contributed by atoms with E-state index in [1.165, 1.54) is 6.07 Å². The van der Waals surface area contributed by atoms with Gasteiger partial charge in [-0.1, -0.05) is 36.8 Å². The smallest absolute Gasteiger partial charge is 0.261 e. The number of hydrogen-bond donors (Lipinski definition) is 3. The zero-order valence-corrected chi connectivity index (χ0v) is 15.7. The number of benzene rings is 2. The highest BCUT2D eigenvalue weighted by atomic mass is 16.2. The molecule has 142 valence electrons. The number of H-pyrrole nitrogens is 1. The molecule has 0 radical (unpaired) electrons. The Kier molecular flexibility index (Phi) is 5.69. The van der Waals surface area contributed by atoms with Crippen molar-refractivity contribution in [2.24, 2.45) is 0 Å². The molecular formula is C22H21N3O3. The molecule has 1 heterocycles. The van der Waals surface area contributed by atoms with Gasteiger partial charge in [-0.3, -0.25) is 14.4 Å². The van der Waals surface area contributed by atoms with Crippen molar-refractivity contribution in [3.05, 3.63) is 82.1 Å². The van der Waals surface area contributed by atoms with E-state index in [-0.39, 0.29) is 11.5 Å². The van der Waals surface area contributed by atoms with Crippen LogP contribution in [0.25, 0.3) is 11.3 Å². The van der Waals surface area contributed by atoms with Gasteiger partial charge >= 0.3 is 0 Å². The number of rotatable bonds is 5. The summed E-state index contributed by atoms with van der Waals surface area (Å²) in [4.78, 5) is 39.2. The topological polar surface area (TPSA) is 91.1 Å². The van der Waals surface area contributed by atoms with Crippen LogP contribution in [0.4, 0.5) is 11.4 Å². The summed E-state index contributed by atoms with van der Waals surface area (Å²) >= 11 is 0. The number of aryl methyl sites for hydroxylation is 1. The minimum atomic E-state index is -0.518. The summed E-state index contributed by atoms with van der Waals surface area (Å²) in [7, 11) is 0. The Morgan fingerprint density at radius 3 is 2.32 bits per heavy atom. The van der Waals surface area contributed by atoms with E-state index in [1.54, 1.807) is 37.3 Å². The maximum absolute atomic E-state index is 12.5. The monoisotopic (exact) mass is 375 g/mol. The van der Waals surface area contributed by atoms with E-state index >= 15 is 0 Å². The van der Waals surface area contributed by atoms with E-state index in [0.717, 1.165) is 11.1 Å². The minimum Gasteiger partial charge on any atom is -0.326 e. The molecule has 1 aromatic heterocycles. The Morgan fingerprint density at radius 2 is 1.64 bits per heavy atom. The highest BCUT2D eigenvalue weighted by Crippen LogP contribution is 2.18. The Labute approximate surface area is 162 Å². The van der Waals surface area contributed by atoms with Crippen molar-refractivity contribution in [3.8, 4) is 11.3 Å². The average molecular weight is 375 g/mol. The van der Waals surface area contributed by atoms with E-state index in [4.69, 9.17) is 0 Å². The molecule has 0 aliphatic carbocycles. The third kappa shape index (κ3) is 4.54. The molecule has 3 N–H and O–H groups in total. The Hall–Kier alpha value is -3.67. The molecule has 6 nitrogen and oxygen atoms in total. The van der Waals surface area contributed by atoms with Gasteiger partial charge in [-0.25, -0.2) is 0 Å². The van der Waals surface area contributed by atoms with E-state index in [9.17, 15) is 14.4 Å². The van der Waals surface area contributed by atoms with Gasteiger partial charge in [0.2, 0.25) is 5.91 Å². The van der Waals surface area contributed by atoms with Gasteiger partial charge in [-0.05, 0) is 48.9 Å².